The van der Waals surface area contributed by atoms with Crippen LogP contribution in [-0.2, 0) is 4.74 Å². The van der Waals surface area contributed by atoms with Crippen LogP contribution in [0.25, 0.3) is 5.69 Å². The van der Waals surface area contributed by atoms with Crippen molar-refractivity contribution in [2.75, 3.05) is 31.6 Å². The number of hydrogen-bond acceptors (Lipinski definition) is 6. The van der Waals surface area contributed by atoms with Crippen molar-refractivity contribution in [2.45, 2.75) is 31.9 Å². The highest BCUT2D eigenvalue weighted by Crippen LogP contribution is 2.27. The molecule has 1 atom stereocenters. The zero-order chi connectivity index (χ0) is 22.1. The Morgan fingerprint density at radius 1 is 1.12 bits per heavy atom. The van der Waals surface area contributed by atoms with Crippen LogP contribution in [0.3, 0.4) is 0 Å². The van der Waals surface area contributed by atoms with Gasteiger partial charge in [0.2, 0.25) is 5.95 Å². The molecule has 170 valence electrons. The molecular formula is C23H27F2N5O2. The van der Waals surface area contributed by atoms with E-state index < -0.39 is 11.6 Å². The largest absolute Gasteiger partial charge is 0.489 e. The first-order valence-electron chi connectivity index (χ1n) is 10.8. The number of likely N-dealkylation sites (tertiary alicyclic amines) is 1. The maximum absolute atomic E-state index is 13.5. The molecule has 1 N–H and O–H groups in total. The fraction of sp³-hybridized carbons (Fsp3) is 0.391. The molecule has 5 rings (SSSR count). The summed E-state index contributed by atoms with van der Waals surface area (Å²) in [6.45, 7) is 5.62. The number of anilines is 2. The lowest BCUT2D eigenvalue weighted by molar-refractivity contribution is -0.0825. The maximum atomic E-state index is 13.5. The molecule has 7 nitrogen and oxygen atoms in total. The molecule has 0 spiro atoms. The molecule has 2 aliphatic rings. The second kappa shape index (κ2) is 8.84. The van der Waals surface area contributed by atoms with Crippen LogP contribution in [0.4, 0.5) is 20.4 Å². The van der Waals surface area contributed by atoms with E-state index in [4.69, 9.17) is 9.47 Å². The second-order valence-electron chi connectivity index (χ2n) is 8.37. The Balaban J connectivity index is 0.00000259. The number of piperidine rings is 1. The highest BCUT2D eigenvalue weighted by Gasteiger charge is 2.31. The summed E-state index contributed by atoms with van der Waals surface area (Å²) < 4.78 is 40.0. The van der Waals surface area contributed by atoms with Crippen molar-refractivity contribution in [3.8, 4) is 11.4 Å². The van der Waals surface area contributed by atoms with E-state index in [1.54, 1.807) is 0 Å². The summed E-state index contributed by atoms with van der Waals surface area (Å²) in [4.78, 5) is 6.66. The standard InChI is InChI=1S/C23H25F2N5O2.H2/c1-15-5-18(27-23-26-14-30(28-23)19-8-16(24)7-17(25)9-19)10-22(6-15)32-21-3-2-4-29(11-21)20-12-31-13-20;/h5-10,14,20-21H,2-4,11-13H2,1H3,(H,27,28);1H/t21-;/m1./s1. The molecule has 3 aromatic rings. The van der Waals surface area contributed by atoms with Gasteiger partial charge in [0.05, 0.1) is 24.9 Å². The van der Waals surface area contributed by atoms with Gasteiger partial charge in [-0.15, -0.1) is 5.10 Å². The highest BCUT2D eigenvalue weighted by molar-refractivity contribution is 5.57. The molecule has 3 heterocycles. The molecule has 2 fully saturated rings. The molecule has 2 aliphatic heterocycles. The summed E-state index contributed by atoms with van der Waals surface area (Å²) in [6, 6.07) is 9.63. The van der Waals surface area contributed by atoms with E-state index in [-0.39, 0.29) is 13.2 Å². The zero-order valence-electron chi connectivity index (χ0n) is 17.8. The van der Waals surface area contributed by atoms with Crippen molar-refractivity contribution in [1.29, 1.82) is 0 Å². The Bertz CT molecular complexity index is 1090. The van der Waals surface area contributed by atoms with Gasteiger partial charge in [-0.25, -0.2) is 13.5 Å². The Morgan fingerprint density at radius 3 is 2.69 bits per heavy atom. The number of aryl methyl sites for hydroxylation is 1. The van der Waals surface area contributed by atoms with Crippen molar-refractivity contribution in [1.82, 2.24) is 19.7 Å². The first kappa shape index (κ1) is 20.8. The van der Waals surface area contributed by atoms with E-state index in [0.717, 1.165) is 62.2 Å². The van der Waals surface area contributed by atoms with E-state index in [1.165, 1.54) is 23.1 Å². The number of aromatic nitrogens is 3. The van der Waals surface area contributed by atoms with Crippen LogP contribution in [0.1, 0.15) is 19.8 Å². The Labute approximate surface area is 186 Å². The number of hydrogen-bond donors (Lipinski definition) is 1. The van der Waals surface area contributed by atoms with Gasteiger partial charge in [-0.2, -0.15) is 4.98 Å². The molecule has 0 aliphatic carbocycles. The predicted molar refractivity (Wildman–Crippen MR) is 118 cm³/mol. The van der Waals surface area contributed by atoms with Crippen LogP contribution in [-0.4, -0.2) is 58.1 Å². The average Bonchev–Trinajstić information content (AvgIpc) is 3.14. The third kappa shape index (κ3) is 4.73. The lowest BCUT2D eigenvalue weighted by Gasteiger charge is -2.41. The van der Waals surface area contributed by atoms with Gasteiger partial charge in [-0.1, -0.05) is 0 Å². The van der Waals surface area contributed by atoms with E-state index >= 15 is 0 Å². The molecule has 2 saturated heterocycles. The van der Waals surface area contributed by atoms with E-state index in [9.17, 15) is 8.78 Å². The molecule has 9 heteroatoms. The lowest BCUT2D eigenvalue weighted by Crippen LogP contribution is -2.54. The van der Waals surface area contributed by atoms with Crippen LogP contribution in [0, 0.1) is 18.6 Å². The fourth-order valence-electron chi connectivity index (χ4n) is 4.15. The number of halogens is 2. The van der Waals surface area contributed by atoms with E-state index in [0.29, 0.717) is 12.0 Å². The first-order chi connectivity index (χ1) is 15.5. The summed E-state index contributed by atoms with van der Waals surface area (Å²) in [5.41, 5.74) is 2.08. The minimum absolute atomic E-state index is 0. The quantitative estimate of drug-likeness (QED) is 0.619. The van der Waals surface area contributed by atoms with Gasteiger partial charge in [0.15, 0.2) is 0 Å². The average molecular weight is 443 g/mol. The van der Waals surface area contributed by atoms with Crippen LogP contribution >= 0.6 is 0 Å². The van der Waals surface area contributed by atoms with E-state index in [1.807, 2.05) is 25.1 Å². The van der Waals surface area contributed by atoms with Gasteiger partial charge < -0.3 is 14.8 Å². The Morgan fingerprint density at radius 2 is 1.94 bits per heavy atom. The number of nitrogens with one attached hydrogen (secondary N) is 1. The van der Waals surface area contributed by atoms with Crippen LogP contribution in [0.15, 0.2) is 42.7 Å². The monoisotopic (exact) mass is 443 g/mol. The molecule has 0 unspecified atom stereocenters. The van der Waals surface area contributed by atoms with Crippen molar-refractivity contribution in [2.24, 2.45) is 0 Å². The highest BCUT2D eigenvalue weighted by atomic mass is 19.1. The van der Waals surface area contributed by atoms with Gasteiger partial charge in [-0.05, 0) is 56.1 Å². The first-order valence-corrected chi connectivity index (χ1v) is 10.8. The zero-order valence-corrected chi connectivity index (χ0v) is 17.8. The van der Waals surface area contributed by atoms with Gasteiger partial charge in [-0.3, -0.25) is 4.90 Å². The molecule has 1 aromatic heterocycles. The number of benzene rings is 2. The summed E-state index contributed by atoms with van der Waals surface area (Å²) in [5.74, 6) is -0.232. The van der Waals surface area contributed by atoms with Crippen LogP contribution < -0.4 is 10.1 Å². The second-order valence-corrected chi connectivity index (χ2v) is 8.37. The summed E-state index contributed by atoms with van der Waals surface area (Å²) in [5, 5.41) is 7.43. The number of rotatable bonds is 6. The van der Waals surface area contributed by atoms with Crippen LogP contribution in [0.2, 0.25) is 0 Å². The molecule has 0 saturated carbocycles. The van der Waals surface area contributed by atoms with Gasteiger partial charge in [0, 0.05) is 25.8 Å². The fourth-order valence-corrected chi connectivity index (χ4v) is 4.15. The smallest absolute Gasteiger partial charge is 0.246 e. The lowest BCUT2D eigenvalue weighted by atomic mass is 10.0. The Kier molecular flexibility index (Phi) is 5.75. The number of nitrogens with zero attached hydrogens (tertiary/aromatic N) is 4. The molecule has 2 aromatic carbocycles. The summed E-state index contributed by atoms with van der Waals surface area (Å²) in [7, 11) is 0. The third-order valence-electron chi connectivity index (χ3n) is 5.76. The van der Waals surface area contributed by atoms with Crippen molar-refractivity contribution >= 4 is 11.6 Å². The van der Waals surface area contributed by atoms with Crippen molar-refractivity contribution in [3.05, 3.63) is 59.9 Å². The topological polar surface area (TPSA) is 64.4 Å². The molecule has 0 bridgehead atoms. The van der Waals surface area contributed by atoms with Gasteiger partial charge in [0.1, 0.15) is 29.8 Å². The molecular weight excluding hydrogens is 416 g/mol. The normalized spacial score (nSPS) is 19.5. The van der Waals surface area contributed by atoms with E-state index in [2.05, 4.69) is 20.3 Å². The van der Waals surface area contributed by atoms with Crippen molar-refractivity contribution < 1.29 is 19.7 Å². The summed E-state index contributed by atoms with van der Waals surface area (Å²) >= 11 is 0. The molecule has 32 heavy (non-hydrogen) atoms. The SMILES string of the molecule is Cc1cc(Nc2ncn(-c3cc(F)cc(F)c3)n2)cc(O[C@@H]2CCCN(C3COC3)C2)c1.[HH]. The predicted octanol–water partition coefficient (Wildman–Crippen LogP) is 4.09. The van der Waals surface area contributed by atoms with Gasteiger partial charge in [0.25, 0.3) is 0 Å². The van der Waals surface area contributed by atoms with Crippen molar-refractivity contribution in [3.63, 3.8) is 0 Å². The summed E-state index contributed by atoms with van der Waals surface area (Å²) in [6.07, 6.45) is 3.68. The molecule has 0 radical (unpaired) electrons. The minimum Gasteiger partial charge on any atom is -0.489 e. The minimum atomic E-state index is -0.670. The maximum Gasteiger partial charge on any atom is 0.246 e. The third-order valence-corrected chi connectivity index (χ3v) is 5.76. The number of ether oxygens (including phenoxy) is 2. The molecule has 0 amide bonds. The van der Waals surface area contributed by atoms with Crippen LogP contribution in [0.5, 0.6) is 5.75 Å². The Hall–Kier alpha value is -3.04. The van der Waals surface area contributed by atoms with Gasteiger partial charge >= 0.3 is 0 Å².